The Morgan fingerprint density at radius 3 is 2.48 bits per heavy atom. The molecule has 0 amide bonds. The Morgan fingerprint density at radius 2 is 1.83 bits per heavy atom. The number of carbonyl (C=O) groups is 3. The highest BCUT2D eigenvalue weighted by atomic mass is 79.9. The summed E-state index contributed by atoms with van der Waals surface area (Å²) in [5, 5.41) is 8.54. The summed E-state index contributed by atoms with van der Waals surface area (Å²) in [6, 6.07) is 10.9. The van der Waals surface area contributed by atoms with Crippen molar-refractivity contribution in [1.29, 1.82) is 0 Å². The summed E-state index contributed by atoms with van der Waals surface area (Å²) >= 11 is 3.28. The van der Waals surface area contributed by atoms with Gasteiger partial charge in [0.25, 0.3) is 0 Å². The van der Waals surface area contributed by atoms with Crippen LogP contribution in [-0.2, 0) is 16.0 Å². The van der Waals surface area contributed by atoms with E-state index in [1.165, 1.54) is 18.2 Å². The smallest absolute Gasteiger partial charge is 0.372 e. The maximum absolute atomic E-state index is 13.1. The number of rotatable bonds is 6. The minimum Gasteiger partial charge on any atom is -0.475 e. The minimum absolute atomic E-state index is 0.273. The number of benzene rings is 2. The molecule has 23 heavy (non-hydrogen) atoms. The summed E-state index contributed by atoms with van der Waals surface area (Å²) < 4.78 is 13.7. The number of carboxylic acids is 1. The van der Waals surface area contributed by atoms with Gasteiger partial charge in [0.1, 0.15) is 5.82 Å². The van der Waals surface area contributed by atoms with Crippen LogP contribution in [0.5, 0.6) is 0 Å². The van der Waals surface area contributed by atoms with Crippen LogP contribution in [0.25, 0.3) is 0 Å². The van der Waals surface area contributed by atoms with Crippen LogP contribution in [-0.4, -0.2) is 22.6 Å². The van der Waals surface area contributed by atoms with Gasteiger partial charge in [-0.3, -0.25) is 9.59 Å². The Bertz CT molecular complexity index is 786. The summed E-state index contributed by atoms with van der Waals surface area (Å²) in [6.07, 6.45) is -0.201. The SMILES string of the molecule is O=C(O)C(=O)CC(=O)c1cccc(Cc2ccc(F)cc2Br)c1. The van der Waals surface area contributed by atoms with Gasteiger partial charge in [0, 0.05) is 10.0 Å². The summed E-state index contributed by atoms with van der Waals surface area (Å²) in [7, 11) is 0. The minimum atomic E-state index is -1.62. The fourth-order valence-corrected chi connectivity index (χ4v) is 2.55. The molecule has 2 aromatic carbocycles. The van der Waals surface area contributed by atoms with Crippen LogP contribution in [0.4, 0.5) is 4.39 Å². The van der Waals surface area contributed by atoms with Crippen LogP contribution in [0.3, 0.4) is 0 Å². The van der Waals surface area contributed by atoms with E-state index in [0.29, 0.717) is 10.9 Å². The zero-order chi connectivity index (χ0) is 17.0. The van der Waals surface area contributed by atoms with Crippen molar-refractivity contribution in [2.45, 2.75) is 12.8 Å². The van der Waals surface area contributed by atoms with Crippen molar-refractivity contribution in [2.24, 2.45) is 0 Å². The normalized spacial score (nSPS) is 10.3. The largest absolute Gasteiger partial charge is 0.475 e. The quantitative estimate of drug-likeness (QED) is 0.475. The van der Waals surface area contributed by atoms with Gasteiger partial charge >= 0.3 is 5.97 Å². The van der Waals surface area contributed by atoms with E-state index in [0.717, 1.165) is 11.1 Å². The van der Waals surface area contributed by atoms with Crippen LogP contribution in [0.1, 0.15) is 27.9 Å². The maximum Gasteiger partial charge on any atom is 0.372 e. The lowest BCUT2D eigenvalue weighted by Crippen LogP contribution is -2.17. The molecule has 0 atom stereocenters. The molecule has 0 aliphatic heterocycles. The van der Waals surface area contributed by atoms with Crippen molar-refractivity contribution >= 4 is 33.5 Å². The number of carboxylic acid groups (broad SMARTS) is 1. The first-order chi connectivity index (χ1) is 10.9. The molecule has 0 heterocycles. The lowest BCUT2D eigenvalue weighted by molar-refractivity contribution is -0.148. The third-order valence-corrected chi connectivity index (χ3v) is 3.96. The highest BCUT2D eigenvalue weighted by Crippen LogP contribution is 2.22. The molecule has 2 aromatic rings. The predicted octanol–water partition coefficient (Wildman–Crippen LogP) is 3.41. The van der Waals surface area contributed by atoms with Crippen LogP contribution in [0, 0.1) is 5.82 Å². The van der Waals surface area contributed by atoms with E-state index in [4.69, 9.17) is 5.11 Å². The average molecular weight is 379 g/mol. The Labute approximate surface area is 140 Å². The standard InChI is InChI=1S/C17H12BrFO4/c18-14-8-13(19)5-4-11(14)6-10-2-1-3-12(7-10)15(20)9-16(21)17(22)23/h1-5,7-8H,6,9H2,(H,22,23). The van der Waals surface area contributed by atoms with E-state index in [2.05, 4.69) is 15.9 Å². The zero-order valence-electron chi connectivity index (χ0n) is 11.9. The number of Topliss-reactive ketones (excluding diaryl/α,β-unsaturated/α-hetero) is 2. The van der Waals surface area contributed by atoms with Crippen LogP contribution < -0.4 is 0 Å². The topological polar surface area (TPSA) is 71.4 Å². The van der Waals surface area contributed by atoms with Crippen molar-refractivity contribution < 1.29 is 23.9 Å². The molecule has 0 aliphatic rings. The number of ketones is 2. The summed E-state index contributed by atoms with van der Waals surface area (Å²) in [5.41, 5.74) is 1.92. The molecule has 0 fully saturated rings. The molecule has 1 N–H and O–H groups in total. The summed E-state index contributed by atoms with van der Waals surface area (Å²) in [4.78, 5) is 33.6. The Hall–Kier alpha value is -2.34. The molecular formula is C17H12BrFO4. The van der Waals surface area contributed by atoms with E-state index >= 15 is 0 Å². The molecule has 118 valence electrons. The van der Waals surface area contributed by atoms with Gasteiger partial charge in [0.05, 0.1) is 6.42 Å². The Kier molecular flexibility index (Phi) is 5.39. The van der Waals surface area contributed by atoms with Gasteiger partial charge in [-0.05, 0) is 35.7 Å². The van der Waals surface area contributed by atoms with Gasteiger partial charge in [-0.15, -0.1) is 0 Å². The second-order valence-corrected chi connectivity index (χ2v) is 5.80. The van der Waals surface area contributed by atoms with Crippen LogP contribution in [0.2, 0.25) is 0 Å². The maximum atomic E-state index is 13.1. The van der Waals surface area contributed by atoms with Gasteiger partial charge in [-0.1, -0.05) is 40.2 Å². The number of hydrogen-bond acceptors (Lipinski definition) is 3. The molecule has 0 saturated carbocycles. The molecule has 0 aromatic heterocycles. The van der Waals surface area contributed by atoms with Gasteiger partial charge in [0.2, 0.25) is 5.78 Å². The Morgan fingerprint density at radius 1 is 1.09 bits per heavy atom. The lowest BCUT2D eigenvalue weighted by atomic mass is 9.99. The summed E-state index contributed by atoms with van der Waals surface area (Å²) in [5.74, 6) is -3.65. The molecule has 0 unspecified atom stereocenters. The van der Waals surface area contributed by atoms with Gasteiger partial charge < -0.3 is 5.11 Å². The average Bonchev–Trinajstić information content (AvgIpc) is 2.50. The first kappa shape index (κ1) is 17.0. The molecule has 0 spiro atoms. The lowest BCUT2D eigenvalue weighted by Gasteiger charge is -2.07. The number of aliphatic carboxylic acids is 1. The van der Waals surface area contributed by atoms with Crippen molar-refractivity contribution in [2.75, 3.05) is 0 Å². The van der Waals surface area contributed by atoms with E-state index < -0.39 is 24.0 Å². The fourth-order valence-electron chi connectivity index (χ4n) is 2.06. The van der Waals surface area contributed by atoms with E-state index in [1.807, 2.05) is 0 Å². The number of carbonyl (C=O) groups excluding carboxylic acids is 2. The van der Waals surface area contributed by atoms with Crippen molar-refractivity contribution in [3.63, 3.8) is 0 Å². The van der Waals surface area contributed by atoms with Crippen molar-refractivity contribution in [1.82, 2.24) is 0 Å². The van der Waals surface area contributed by atoms with Gasteiger partial charge in [-0.25, -0.2) is 9.18 Å². The third kappa shape index (κ3) is 4.56. The second kappa shape index (κ2) is 7.28. The highest BCUT2D eigenvalue weighted by molar-refractivity contribution is 9.10. The first-order valence-electron chi connectivity index (χ1n) is 6.69. The molecule has 6 heteroatoms. The van der Waals surface area contributed by atoms with Gasteiger partial charge in [-0.2, -0.15) is 0 Å². The first-order valence-corrected chi connectivity index (χ1v) is 7.48. The summed E-state index contributed by atoms with van der Waals surface area (Å²) in [6.45, 7) is 0. The molecule has 4 nitrogen and oxygen atoms in total. The predicted molar refractivity (Wildman–Crippen MR) is 84.9 cm³/mol. The molecule has 0 radical (unpaired) electrons. The van der Waals surface area contributed by atoms with Crippen molar-refractivity contribution in [3.05, 3.63) is 69.4 Å². The molecular weight excluding hydrogens is 367 g/mol. The molecule has 2 rings (SSSR count). The zero-order valence-corrected chi connectivity index (χ0v) is 13.5. The van der Waals surface area contributed by atoms with Crippen LogP contribution in [0.15, 0.2) is 46.9 Å². The molecule has 0 bridgehead atoms. The fraction of sp³-hybridized carbons (Fsp3) is 0.118. The third-order valence-electron chi connectivity index (χ3n) is 3.22. The van der Waals surface area contributed by atoms with Crippen LogP contribution >= 0.6 is 15.9 Å². The second-order valence-electron chi connectivity index (χ2n) is 4.94. The van der Waals surface area contributed by atoms with E-state index in [1.54, 1.807) is 24.3 Å². The van der Waals surface area contributed by atoms with E-state index in [-0.39, 0.29) is 11.4 Å². The monoisotopic (exact) mass is 378 g/mol. The number of hydrogen-bond donors (Lipinski definition) is 1. The molecule has 0 aliphatic carbocycles. The number of halogens is 2. The van der Waals surface area contributed by atoms with Gasteiger partial charge in [0.15, 0.2) is 5.78 Å². The molecule has 0 saturated heterocycles. The highest BCUT2D eigenvalue weighted by Gasteiger charge is 2.18. The Balaban J connectivity index is 2.18. The van der Waals surface area contributed by atoms with E-state index in [9.17, 15) is 18.8 Å². The van der Waals surface area contributed by atoms with Crippen molar-refractivity contribution in [3.8, 4) is 0 Å².